The Balaban J connectivity index is 1.52. The summed E-state index contributed by atoms with van der Waals surface area (Å²) in [6.07, 6.45) is -5.77. The van der Waals surface area contributed by atoms with Crippen LogP contribution in [0.3, 0.4) is 0 Å². The van der Waals surface area contributed by atoms with E-state index in [1.807, 2.05) is 0 Å². The van der Waals surface area contributed by atoms with E-state index in [0.717, 1.165) is 0 Å². The van der Waals surface area contributed by atoms with E-state index in [0.29, 0.717) is 29.4 Å². The van der Waals surface area contributed by atoms with E-state index < -0.39 is 64.0 Å². The van der Waals surface area contributed by atoms with Crippen LogP contribution in [0.15, 0.2) is 12.5 Å². The van der Waals surface area contributed by atoms with Crippen LogP contribution in [-0.4, -0.2) is 76.4 Å². The number of ether oxygens (including phenoxy) is 1. The summed E-state index contributed by atoms with van der Waals surface area (Å²) in [5, 5.41) is 4.18. The second-order valence-corrected chi connectivity index (χ2v) is 14.0. The lowest BCUT2D eigenvalue weighted by Crippen LogP contribution is -2.38. The van der Waals surface area contributed by atoms with Crippen LogP contribution >= 0.6 is 36.4 Å². The minimum absolute atomic E-state index is 0.0782. The predicted octanol–water partition coefficient (Wildman–Crippen LogP) is 2.57. The van der Waals surface area contributed by atoms with E-state index >= 15 is 0 Å². The van der Waals surface area contributed by atoms with Crippen molar-refractivity contribution in [3.63, 3.8) is 0 Å². The Hall–Kier alpha value is -2.45. The lowest BCUT2D eigenvalue weighted by molar-refractivity contribution is -0.173. The van der Waals surface area contributed by atoms with Crippen molar-refractivity contribution in [3.05, 3.63) is 18.1 Å². The van der Waals surface area contributed by atoms with E-state index in [1.165, 1.54) is 11.6 Å². The number of phosphoric ester groups is 1. The molecular weight excluding hydrogens is 658 g/mol. The summed E-state index contributed by atoms with van der Waals surface area (Å²) in [5.41, 5.74) is 6.86. The molecule has 1 aliphatic rings. The number of nitrogens with zero attached hydrogens (tertiary/aromatic N) is 3. The zero-order valence-corrected chi connectivity index (χ0v) is 24.5. The third-order valence-corrected chi connectivity index (χ3v) is 7.30. The molecular formula is C20H23Cl2F3N6O9P2. The Bertz CT molecular complexity index is 1460. The number of nitrogen functional groups attached to an aromatic ring is 1. The van der Waals surface area contributed by atoms with Gasteiger partial charge < -0.3 is 35.1 Å². The van der Waals surface area contributed by atoms with E-state index in [4.69, 9.17) is 37.5 Å². The highest BCUT2D eigenvalue weighted by atomic mass is 35.9. The molecule has 15 nitrogen and oxygen atoms in total. The number of aromatic nitrogens is 3. The first-order valence-electron chi connectivity index (χ1n) is 11.7. The van der Waals surface area contributed by atoms with Gasteiger partial charge in [-0.2, -0.15) is 13.2 Å². The minimum Gasteiger partial charge on any atom is -0.383 e. The second-order valence-electron chi connectivity index (χ2n) is 8.32. The van der Waals surface area contributed by atoms with Crippen molar-refractivity contribution < 1.29 is 55.1 Å². The molecule has 3 heterocycles. The maximum Gasteiger partial charge on any atom is 0.472 e. The molecule has 0 saturated carbocycles. The van der Waals surface area contributed by atoms with Crippen molar-refractivity contribution in [3.8, 4) is 11.8 Å². The number of hydrogen-bond acceptors (Lipinski definition) is 11. The summed E-state index contributed by atoms with van der Waals surface area (Å²) in [6, 6.07) is 0. The van der Waals surface area contributed by atoms with Gasteiger partial charge in [0.2, 0.25) is 5.91 Å². The van der Waals surface area contributed by atoms with Crippen LogP contribution in [0, 0.1) is 11.8 Å². The van der Waals surface area contributed by atoms with Crippen LogP contribution in [-0.2, 0) is 37.0 Å². The SMILES string of the molecule is Nc1ncnc2c1c(C#CCNC(=O)COP(=O)(O)OCCNC(=O)C(F)(F)F)cn2C1CCC(COP(=O)(Cl)Cl)O1. The molecule has 3 atom stereocenters. The van der Waals surface area contributed by atoms with E-state index in [-0.39, 0.29) is 19.0 Å². The molecule has 3 rings (SSSR count). The molecule has 2 amide bonds. The van der Waals surface area contributed by atoms with Gasteiger partial charge in [0, 0.05) is 12.7 Å². The molecule has 0 aromatic carbocycles. The van der Waals surface area contributed by atoms with Crippen molar-refractivity contribution in [2.24, 2.45) is 0 Å². The van der Waals surface area contributed by atoms with Gasteiger partial charge in [0.15, 0.2) is 0 Å². The van der Waals surface area contributed by atoms with Gasteiger partial charge in [0.05, 0.1) is 36.8 Å². The standard InChI is InChI=1S/C20H23Cl2F3N6O9P2/c21-41(22,34)38-9-13-3-4-15(40-13)31-8-12(16-17(26)29-11-30-18(16)31)2-1-5-27-14(32)10-39-42(35,36)37-7-6-28-19(33)20(23,24)25/h8,11,13,15H,3-7,9-10H2,(H,27,32)(H,28,33)(H,35,36)(H2,26,29,30). The lowest BCUT2D eigenvalue weighted by atomic mass is 10.2. The number of carbonyl (C=O) groups is 2. The average molecular weight is 681 g/mol. The molecule has 0 bridgehead atoms. The molecule has 1 aliphatic heterocycles. The third-order valence-electron chi connectivity index (χ3n) is 5.30. The Morgan fingerprint density at radius 3 is 2.64 bits per heavy atom. The van der Waals surface area contributed by atoms with Crippen LogP contribution < -0.4 is 16.4 Å². The van der Waals surface area contributed by atoms with E-state index in [1.54, 1.807) is 10.8 Å². The number of fused-ring (bicyclic) bond motifs is 1. The molecule has 5 N–H and O–H groups in total. The highest BCUT2D eigenvalue weighted by Crippen LogP contribution is 2.57. The van der Waals surface area contributed by atoms with Crippen molar-refractivity contribution in [1.29, 1.82) is 0 Å². The highest BCUT2D eigenvalue weighted by Gasteiger charge is 2.38. The summed E-state index contributed by atoms with van der Waals surface area (Å²) in [6.45, 7) is -2.75. The first kappa shape index (κ1) is 34.0. The van der Waals surface area contributed by atoms with Crippen LogP contribution in [0.4, 0.5) is 19.0 Å². The molecule has 0 radical (unpaired) electrons. The normalized spacial score (nSPS) is 18.7. The van der Waals surface area contributed by atoms with Gasteiger partial charge in [0.1, 0.15) is 30.6 Å². The lowest BCUT2D eigenvalue weighted by Gasteiger charge is -2.16. The van der Waals surface area contributed by atoms with E-state index in [9.17, 15) is 36.8 Å². The van der Waals surface area contributed by atoms with Gasteiger partial charge in [0.25, 0.3) is 0 Å². The van der Waals surface area contributed by atoms with Crippen LogP contribution in [0.5, 0.6) is 0 Å². The molecule has 1 saturated heterocycles. The summed E-state index contributed by atoms with van der Waals surface area (Å²) in [5.74, 6) is 2.54. The number of nitrogens with two attached hydrogens (primary N) is 1. The zero-order valence-electron chi connectivity index (χ0n) is 21.2. The van der Waals surface area contributed by atoms with Gasteiger partial charge in [-0.15, -0.1) is 0 Å². The molecule has 3 unspecified atom stereocenters. The number of anilines is 1. The maximum atomic E-state index is 12.1. The van der Waals surface area contributed by atoms with Gasteiger partial charge >= 0.3 is 26.0 Å². The number of alkyl halides is 3. The highest BCUT2D eigenvalue weighted by molar-refractivity contribution is 8.05. The summed E-state index contributed by atoms with van der Waals surface area (Å²) >= 11 is 10.8. The Labute approximate surface area is 245 Å². The van der Waals surface area contributed by atoms with Crippen molar-refractivity contribution in [1.82, 2.24) is 25.2 Å². The minimum atomic E-state index is -5.12. The molecule has 0 aliphatic carbocycles. The summed E-state index contributed by atoms with van der Waals surface area (Å²) in [7, 11) is -4.80. The largest absolute Gasteiger partial charge is 0.472 e. The zero-order chi connectivity index (χ0) is 31.1. The topological polar surface area (TPSA) is 206 Å². The van der Waals surface area contributed by atoms with Crippen LogP contribution in [0.25, 0.3) is 11.0 Å². The molecule has 22 heteroatoms. The van der Waals surface area contributed by atoms with Crippen LogP contribution in [0.1, 0.15) is 24.6 Å². The molecule has 232 valence electrons. The fraction of sp³-hybridized carbons (Fsp3) is 0.500. The van der Waals surface area contributed by atoms with Crippen molar-refractivity contribution >= 4 is 65.0 Å². The number of halogens is 5. The third kappa shape index (κ3) is 10.4. The Morgan fingerprint density at radius 2 is 1.95 bits per heavy atom. The number of hydrogen-bond donors (Lipinski definition) is 4. The van der Waals surface area contributed by atoms with Crippen molar-refractivity contribution in [2.45, 2.75) is 31.3 Å². The van der Waals surface area contributed by atoms with Gasteiger partial charge in [-0.25, -0.2) is 14.5 Å². The Morgan fingerprint density at radius 1 is 1.21 bits per heavy atom. The fourth-order valence-corrected chi connectivity index (χ4v) is 4.90. The van der Waals surface area contributed by atoms with Gasteiger partial charge in [-0.05, 0) is 35.3 Å². The van der Waals surface area contributed by atoms with E-state index in [2.05, 4.69) is 36.2 Å². The van der Waals surface area contributed by atoms with Crippen LogP contribution in [0.2, 0.25) is 0 Å². The Kier molecular flexibility index (Phi) is 11.6. The number of amides is 2. The summed E-state index contributed by atoms with van der Waals surface area (Å²) < 4.78 is 80.8. The number of phosphoric acid groups is 1. The monoisotopic (exact) mass is 680 g/mol. The molecule has 42 heavy (non-hydrogen) atoms. The fourth-order valence-electron chi connectivity index (χ4n) is 3.54. The predicted molar refractivity (Wildman–Crippen MR) is 141 cm³/mol. The van der Waals surface area contributed by atoms with Gasteiger partial charge in [-0.3, -0.25) is 23.2 Å². The quantitative estimate of drug-likeness (QED) is 0.145. The molecule has 2 aromatic rings. The average Bonchev–Trinajstić information content (AvgIpc) is 3.51. The second kappa shape index (κ2) is 14.3. The number of carbonyl (C=O) groups excluding carboxylic acids is 2. The smallest absolute Gasteiger partial charge is 0.383 e. The molecule has 0 spiro atoms. The summed E-state index contributed by atoms with van der Waals surface area (Å²) in [4.78, 5) is 40.3. The molecule has 1 fully saturated rings. The number of nitrogens with one attached hydrogen (secondary N) is 2. The first-order valence-corrected chi connectivity index (χ1v) is 16.6. The molecule has 2 aromatic heterocycles. The van der Waals surface area contributed by atoms with Gasteiger partial charge in [-0.1, -0.05) is 11.8 Å². The first-order chi connectivity index (χ1) is 19.6. The maximum absolute atomic E-state index is 12.1. The number of rotatable bonds is 12. The van der Waals surface area contributed by atoms with Crippen molar-refractivity contribution in [2.75, 3.05) is 38.6 Å².